The third-order valence-electron chi connectivity index (χ3n) is 3.40. The number of likely N-dealkylation sites (N-methyl/N-ethyl adjacent to an activating group) is 1. The van der Waals surface area contributed by atoms with E-state index >= 15 is 0 Å². The number of hydrogen-bond acceptors (Lipinski definition) is 3. The van der Waals surface area contributed by atoms with Gasteiger partial charge in [-0.2, -0.15) is 0 Å². The van der Waals surface area contributed by atoms with Gasteiger partial charge in [-0.3, -0.25) is 0 Å². The summed E-state index contributed by atoms with van der Waals surface area (Å²) in [7, 11) is 1.96. The Kier molecular flexibility index (Phi) is 4.61. The summed E-state index contributed by atoms with van der Waals surface area (Å²) < 4.78 is 8.13. The van der Waals surface area contributed by atoms with Gasteiger partial charge in [-0.25, -0.2) is 4.98 Å². The van der Waals surface area contributed by atoms with E-state index in [-0.39, 0.29) is 6.04 Å². The molecule has 5 heteroatoms. The predicted molar refractivity (Wildman–Crippen MR) is 96.4 cm³/mol. The van der Waals surface area contributed by atoms with Gasteiger partial charge >= 0.3 is 0 Å². The fraction of sp³-hybridized carbons (Fsp3) is 0.188. The van der Waals surface area contributed by atoms with Crippen LogP contribution >= 0.6 is 38.5 Å². The molecule has 0 aliphatic heterocycles. The molecule has 0 amide bonds. The summed E-state index contributed by atoms with van der Waals surface area (Å²) >= 11 is 5.95. The quantitative estimate of drug-likeness (QED) is 0.578. The van der Waals surface area contributed by atoms with Crippen LogP contribution in [0.3, 0.4) is 0 Å². The molecule has 3 rings (SSSR count). The van der Waals surface area contributed by atoms with Crippen LogP contribution in [0.4, 0.5) is 0 Å². The van der Waals surface area contributed by atoms with Crippen LogP contribution in [0.1, 0.15) is 17.5 Å². The molecule has 1 heterocycles. The van der Waals surface area contributed by atoms with Crippen LogP contribution in [-0.2, 0) is 6.42 Å². The first kappa shape index (κ1) is 15.0. The zero-order valence-corrected chi connectivity index (χ0v) is 15.2. The van der Waals surface area contributed by atoms with Gasteiger partial charge in [0.25, 0.3) is 0 Å². The number of rotatable bonds is 4. The highest BCUT2D eigenvalue weighted by atomic mass is 127. The minimum Gasteiger partial charge on any atom is -0.441 e. The second-order valence-corrected chi connectivity index (χ2v) is 6.89. The maximum Gasteiger partial charge on any atom is 0.197 e. The lowest BCUT2D eigenvalue weighted by Crippen LogP contribution is -2.19. The molecule has 0 aliphatic carbocycles. The summed E-state index contributed by atoms with van der Waals surface area (Å²) in [4.78, 5) is 4.55. The first-order chi connectivity index (χ1) is 10.2. The minimum atomic E-state index is 0.155. The Morgan fingerprint density at radius 2 is 2.10 bits per heavy atom. The Hall–Kier alpha value is -0.920. The molecule has 0 bridgehead atoms. The molecule has 1 N–H and O–H groups in total. The number of fused-ring (bicyclic) bond motifs is 1. The van der Waals surface area contributed by atoms with E-state index in [0.29, 0.717) is 6.42 Å². The van der Waals surface area contributed by atoms with Crippen molar-refractivity contribution >= 4 is 49.6 Å². The number of halogens is 2. The molecule has 0 spiro atoms. The number of hydrogen-bond donors (Lipinski definition) is 1. The molecule has 1 aromatic heterocycles. The molecule has 0 fully saturated rings. The Morgan fingerprint density at radius 1 is 1.29 bits per heavy atom. The normalized spacial score (nSPS) is 12.7. The van der Waals surface area contributed by atoms with Crippen molar-refractivity contribution in [3.8, 4) is 0 Å². The molecular formula is C16H14BrIN2O. The van der Waals surface area contributed by atoms with Crippen LogP contribution in [-0.4, -0.2) is 12.0 Å². The van der Waals surface area contributed by atoms with Crippen molar-refractivity contribution < 1.29 is 4.42 Å². The highest BCUT2D eigenvalue weighted by Crippen LogP contribution is 2.28. The first-order valence-corrected chi connectivity index (χ1v) is 8.51. The van der Waals surface area contributed by atoms with E-state index in [2.05, 4.69) is 67.0 Å². The van der Waals surface area contributed by atoms with E-state index in [9.17, 15) is 0 Å². The van der Waals surface area contributed by atoms with Gasteiger partial charge in [-0.1, -0.05) is 28.1 Å². The fourth-order valence-corrected chi connectivity index (χ4v) is 3.37. The Morgan fingerprint density at radius 3 is 2.86 bits per heavy atom. The molecule has 21 heavy (non-hydrogen) atoms. The average molecular weight is 457 g/mol. The van der Waals surface area contributed by atoms with Gasteiger partial charge in [0, 0.05) is 20.5 Å². The van der Waals surface area contributed by atoms with Crippen molar-refractivity contribution in [1.29, 1.82) is 0 Å². The van der Waals surface area contributed by atoms with Crippen molar-refractivity contribution in [3.05, 3.63) is 62.0 Å². The van der Waals surface area contributed by atoms with Crippen LogP contribution in [0.5, 0.6) is 0 Å². The van der Waals surface area contributed by atoms with E-state index < -0.39 is 0 Å². The summed E-state index contributed by atoms with van der Waals surface area (Å²) in [5.41, 5.74) is 2.96. The van der Waals surface area contributed by atoms with E-state index in [1.807, 2.05) is 31.3 Å². The van der Waals surface area contributed by atoms with Gasteiger partial charge < -0.3 is 9.73 Å². The molecule has 0 radical (unpaired) electrons. The number of benzene rings is 2. The van der Waals surface area contributed by atoms with E-state index in [4.69, 9.17) is 4.42 Å². The lowest BCUT2D eigenvalue weighted by atomic mass is 10.0. The van der Waals surface area contributed by atoms with Crippen molar-refractivity contribution in [1.82, 2.24) is 10.3 Å². The lowest BCUT2D eigenvalue weighted by Gasteiger charge is -2.17. The summed E-state index contributed by atoms with van der Waals surface area (Å²) in [5, 5.41) is 3.35. The smallest absolute Gasteiger partial charge is 0.197 e. The Labute approximate surface area is 145 Å². The third kappa shape index (κ3) is 3.30. The minimum absolute atomic E-state index is 0.155. The van der Waals surface area contributed by atoms with Crippen molar-refractivity contribution in [2.75, 3.05) is 7.05 Å². The van der Waals surface area contributed by atoms with Gasteiger partial charge in [-0.05, 0) is 65.5 Å². The first-order valence-electron chi connectivity index (χ1n) is 6.64. The van der Waals surface area contributed by atoms with Crippen LogP contribution in [0.2, 0.25) is 0 Å². The molecule has 3 nitrogen and oxygen atoms in total. The molecule has 0 saturated carbocycles. The molecule has 1 unspecified atom stereocenters. The van der Waals surface area contributed by atoms with Crippen LogP contribution in [0.15, 0.2) is 51.4 Å². The molecule has 0 aliphatic rings. The zero-order chi connectivity index (χ0) is 14.8. The maximum atomic E-state index is 5.82. The molecule has 0 saturated heterocycles. The van der Waals surface area contributed by atoms with Crippen molar-refractivity contribution in [2.45, 2.75) is 12.5 Å². The van der Waals surface area contributed by atoms with Gasteiger partial charge in [0.2, 0.25) is 0 Å². The predicted octanol–water partition coefficient (Wildman–Crippen LogP) is 4.70. The SMILES string of the molecule is CNC(Cc1nc2ccccc2o1)c1cc(I)ccc1Br. The lowest BCUT2D eigenvalue weighted by molar-refractivity contribution is 0.473. The van der Waals surface area contributed by atoms with Gasteiger partial charge in [-0.15, -0.1) is 0 Å². The average Bonchev–Trinajstić information content (AvgIpc) is 2.90. The van der Waals surface area contributed by atoms with E-state index in [0.717, 1.165) is 21.5 Å². The molecule has 1 atom stereocenters. The van der Waals surface area contributed by atoms with E-state index in [1.165, 1.54) is 9.13 Å². The Bertz CT molecular complexity index is 739. The summed E-state index contributed by atoms with van der Waals surface area (Å²) in [6.45, 7) is 0. The topological polar surface area (TPSA) is 38.1 Å². The zero-order valence-electron chi connectivity index (χ0n) is 11.4. The Balaban J connectivity index is 1.91. The summed E-state index contributed by atoms with van der Waals surface area (Å²) in [6, 6.07) is 14.3. The van der Waals surface area contributed by atoms with Gasteiger partial charge in [0.1, 0.15) is 5.52 Å². The standard InChI is InChI=1S/C16H14BrIN2O/c1-19-14(11-8-10(18)6-7-12(11)17)9-16-20-13-4-2-3-5-15(13)21-16/h2-8,14,19H,9H2,1H3. The second-order valence-electron chi connectivity index (χ2n) is 4.79. The number of oxazole rings is 1. The van der Waals surface area contributed by atoms with Crippen LogP contribution < -0.4 is 5.32 Å². The number of aromatic nitrogens is 1. The summed E-state index contributed by atoms with van der Waals surface area (Å²) in [5.74, 6) is 0.751. The molecule has 3 aromatic rings. The number of para-hydroxylation sites is 2. The van der Waals surface area contributed by atoms with E-state index in [1.54, 1.807) is 0 Å². The highest BCUT2D eigenvalue weighted by molar-refractivity contribution is 14.1. The fourth-order valence-electron chi connectivity index (χ4n) is 2.33. The molecular weight excluding hydrogens is 443 g/mol. The van der Waals surface area contributed by atoms with Crippen molar-refractivity contribution in [2.24, 2.45) is 0 Å². The maximum absolute atomic E-state index is 5.82. The van der Waals surface area contributed by atoms with Gasteiger partial charge in [0.05, 0.1) is 0 Å². The van der Waals surface area contributed by atoms with Crippen LogP contribution in [0, 0.1) is 3.57 Å². The highest BCUT2D eigenvalue weighted by Gasteiger charge is 2.17. The van der Waals surface area contributed by atoms with Crippen molar-refractivity contribution in [3.63, 3.8) is 0 Å². The largest absolute Gasteiger partial charge is 0.441 e. The molecule has 108 valence electrons. The second kappa shape index (κ2) is 6.46. The third-order valence-corrected chi connectivity index (χ3v) is 4.79. The number of nitrogens with zero attached hydrogens (tertiary/aromatic N) is 1. The van der Waals surface area contributed by atoms with Gasteiger partial charge in [0.15, 0.2) is 11.5 Å². The number of nitrogens with one attached hydrogen (secondary N) is 1. The van der Waals surface area contributed by atoms with Crippen LogP contribution in [0.25, 0.3) is 11.1 Å². The monoisotopic (exact) mass is 456 g/mol. The molecule has 2 aromatic carbocycles. The summed E-state index contributed by atoms with van der Waals surface area (Å²) in [6.07, 6.45) is 0.712.